The fourth-order valence-electron chi connectivity index (χ4n) is 4.58. The molecule has 2 fully saturated rings. The van der Waals surface area contributed by atoms with Gasteiger partial charge in [0.1, 0.15) is 12.4 Å². The van der Waals surface area contributed by atoms with Gasteiger partial charge in [-0.3, -0.25) is 9.79 Å². The van der Waals surface area contributed by atoms with E-state index in [-0.39, 0.29) is 42.5 Å². The van der Waals surface area contributed by atoms with Crippen LogP contribution in [0.4, 0.5) is 0 Å². The maximum absolute atomic E-state index is 13.1. The van der Waals surface area contributed by atoms with Gasteiger partial charge in [0.2, 0.25) is 15.9 Å². The number of sulfonamides is 1. The summed E-state index contributed by atoms with van der Waals surface area (Å²) in [7, 11) is -3.66. The van der Waals surface area contributed by atoms with Gasteiger partial charge in [0, 0.05) is 42.7 Å². The van der Waals surface area contributed by atoms with E-state index >= 15 is 0 Å². The number of aliphatic imine (C=N–C) groups is 1. The second-order valence-electron chi connectivity index (χ2n) is 8.59. The average molecular weight is 481 g/mol. The molecule has 1 aliphatic carbocycles. The van der Waals surface area contributed by atoms with E-state index in [0.29, 0.717) is 35.3 Å². The lowest BCUT2D eigenvalue weighted by atomic mass is 9.85. The quantitative estimate of drug-likeness (QED) is 0.526. The Morgan fingerprint density at radius 3 is 2.50 bits per heavy atom. The summed E-state index contributed by atoms with van der Waals surface area (Å²) in [6.45, 7) is 3.13. The minimum Gasteiger partial charge on any atom is -0.487 e. The first-order chi connectivity index (χ1) is 15.2. The lowest BCUT2D eigenvalue weighted by molar-refractivity contribution is -0.137. The number of carbonyl (C=O) groups is 1. The topological polar surface area (TPSA) is 105 Å². The molecule has 0 bridgehead atoms. The van der Waals surface area contributed by atoms with Crippen LogP contribution < -0.4 is 10.5 Å². The molecule has 10 heteroatoms. The molecule has 1 aromatic carbocycles. The van der Waals surface area contributed by atoms with E-state index < -0.39 is 10.0 Å². The molecule has 174 valence electrons. The van der Waals surface area contributed by atoms with Gasteiger partial charge in [0.05, 0.1) is 16.8 Å². The highest BCUT2D eigenvalue weighted by Crippen LogP contribution is 2.32. The number of ether oxygens (including phenoxy) is 1. The number of carbonyl (C=O) groups excluding carboxylic acids is 1. The third kappa shape index (κ3) is 4.94. The number of rotatable bonds is 4. The molecule has 0 spiro atoms. The maximum Gasteiger partial charge on any atom is 0.242 e. The van der Waals surface area contributed by atoms with Gasteiger partial charge in [-0.1, -0.05) is 11.6 Å². The van der Waals surface area contributed by atoms with Crippen LogP contribution in [0.3, 0.4) is 0 Å². The smallest absolute Gasteiger partial charge is 0.242 e. The summed E-state index contributed by atoms with van der Waals surface area (Å²) in [6, 6.07) is 5.34. The summed E-state index contributed by atoms with van der Waals surface area (Å²) < 4.78 is 33.4. The molecule has 0 unspecified atom stereocenters. The van der Waals surface area contributed by atoms with Crippen molar-refractivity contribution >= 4 is 39.4 Å². The first kappa shape index (κ1) is 23.1. The number of amidine groups is 1. The number of nitrogens with two attached hydrogens (primary N) is 1. The van der Waals surface area contributed by atoms with Crippen LogP contribution in [0.15, 0.2) is 28.1 Å². The minimum atomic E-state index is -3.66. The molecule has 0 atom stereocenters. The molecule has 2 heterocycles. The van der Waals surface area contributed by atoms with E-state index in [4.69, 9.17) is 22.1 Å². The van der Waals surface area contributed by atoms with Gasteiger partial charge in [0.15, 0.2) is 0 Å². The Labute approximate surface area is 194 Å². The van der Waals surface area contributed by atoms with Crippen molar-refractivity contribution in [3.8, 4) is 5.75 Å². The molecule has 1 aromatic rings. The van der Waals surface area contributed by atoms with Gasteiger partial charge >= 0.3 is 0 Å². The lowest BCUT2D eigenvalue weighted by Gasteiger charge is -2.37. The number of nitrogens with zero attached hydrogens (tertiary/aromatic N) is 3. The van der Waals surface area contributed by atoms with Gasteiger partial charge < -0.3 is 15.4 Å². The van der Waals surface area contributed by atoms with E-state index in [9.17, 15) is 13.2 Å². The van der Waals surface area contributed by atoms with Crippen molar-refractivity contribution in [1.82, 2.24) is 9.21 Å². The lowest BCUT2D eigenvalue weighted by Crippen LogP contribution is -2.52. The van der Waals surface area contributed by atoms with E-state index in [0.717, 1.165) is 25.7 Å². The normalized spacial score (nSPS) is 25.0. The van der Waals surface area contributed by atoms with Crippen LogP contribution in [-0.4, -0.2) is 68.2 Å². The number of piperazine rings is 1. The molecule has 32 heavy (non-hydrogen) atoms. The van der Waals surface area contributed by atoms with Crippen LogP contribution in [0.2, 0.25) is 5.02 Å². The molecule has 4 rings (SSSR count). The standard InChI is InChI=1S/C22H29ClN4O4S/c1-15(24)25-19-6-3-16(4-7-19)22(28)26-8-10-27(11-9-26)32(29,30)20-12-17-2-5-18(23)13-21(17)31-14-20/h2,5,12-13,16,19H,3-4,6-11,14H2,1H3,(H2,24,25). The Morgan fingerprint density at radius 2 is 1.84 bits per heavy atom. The molecule has 2 aliphatic heterocycles. The largest absolute Gasteiger partial charge is 0.487 e. The van der Waals surface area contributed by atoms with Crippen LogP contribution >= 0.6 is 11.6 Å². The van der Waals surface area contributed by atoms with Crippen molar-refractivity contribution in [1.29, 1.82) is 0 Å². The summed E-state index contributed by atoms with van der Waals surface area (Å²) in [4.78, 5) is 19.4. The number of halogens is 1. The van der Waals surface area contributed by atoms with Gasteiger partial charge in [-0.2, -0.15) is 4.31 Å². The number of hydrogen-bond acceptors (Lipinski definition) is 5. The Kier molecular flexibility index (Phi) is 6.78. The summed E-state index contributed by atoms with van der Waals surface area (Å²) in [5.74, 6) is 1.28. The monoisotopic (exact) mass is 480 g/mol. The second-order valence-corrected chi connectivity index (χ2v) is 11.0. The van der Waals surface area contributed by atoms with Crippen molar-refractivity contribution in [3.05, 3.63) is 33.7 Å². The zero-order valence-corrected chi connectivity index (χ0v) is 19.7. The third-order valence-corrected chi connectivity index (χ3v) is 8.49. The van der Waals surface area contributed by atoms with Crippen LogP contribution in [0.5, 0.6) is 5.75 Å². The highest BCUT2D eigenvalue weighted by atomic mass is 35.5. The fraction of sp³-hybridized carbons (Fsp3) is 0.545. The minimum absolute atomic E-state index is 0.0135. The molecule has 0 radical (unpaired) electrons. The number of amides is 1. The predicted octanol–water partition coefficient (Wildman–Crippen LogP) is 2.48. The highest BCUT2D eigenvalue weighted by Gasteiger charge is 2.35. The number of fused-ring (bicyclic) bond motifs is 1. The SMILES string of the molecule is CC(N)=NC1CCC(C(=O)N2CCN(S(=O)(=O)C3=Cc4ccc(Cl)cc4OC3)CC2)CC1. The van der Waals surface area contributed by atoms with Gasteiger partial charge in [-0.05, 0) is 56.9 Å². The summed E-state index contributed by atoms with van der Waals surface area (Å²) >= 11 is 5.98. The molecule has 0 aromatic heterocycles. The molecule has 1 amide bonds. The van der Waals surface area contributed by atoms with Crippen molar-refractivity contribution in [2.24, 2.45) is 16.6 Å². The van der Waals surface area contributed by atoms with Crippen molar-refractivity contribution < 1.29 is 17.9 Å². The number of hydrogen-bond donors (Lipinski definition) is 1. The molecule has 3 aliphatic rings. The first-order valence-corrected chi connectivity index (χ1v) is 12.8. The van der Waals surface area contributed by atoms with E-state index in [2.05, 4.69) is 4.99 Å². The Balaban J connectivity index is 1.35. The third-order valence-electron chi connectivity index (χ3n) is 6.32. The molecular weight excluding hydrogens is 452 g/mol. The fourth-order valence-corrected chi connectivity index (χ4v) is 6.20. The number of benzene rings is 1. The van der Waals surface area contributed by atoms with Crippen LogP contribution in [-0.2, 0) is 14.8 Å². The van der Waals surface area contributed by atoms with Gasteiger partial charge in [-0.25, -0.2) is 8.42 Å². The van der Waals surface area contributed by atoms with Crippen LogP contribution in [0.1, 0.15) is 38.2 Å². The molecule has 2 N–H and O–H groups in total. The van der Waals surface area contributed by atoms with Crippen molar-refractivity contribution in [2.45, 2.75) is 38.6 Å². The van der Waals surface area contributed by atoms with Crippen LogP contribution in [0.25, 0.3) is 6.08 Å². The molecule has 8 nitrogen and oxygen atoms in total. The molecule has 1 saturated heterocycles. The molecule has 1 saturated carbocycles. The average Bonchev–Trinajstić information content (AvgIpc) is 2.78. The first-order valence-electron chi connectivity index (χ1n) is 11.0. The van der Waals surface area contributed by atoms with E-state index in [1.165, 1.54) is 4.31 Å². The summed E-state index contributed by atoms with van der Waals surface area (Å²) in [6.07, 6.45) is 4.96. The highest BCUT2D eigenvalue weighted by molar-refractivity contribution is 7.93. The van der Waals surface area contributed by atoms with Crippen LogP contribution in [0, 0.1) is 5.92 Å². The van der Waals surface area contributed by atoms with Gasteiger partial charge in [-0.15, -0.1) is 0 Å². The Hall–Kier alpha value is -2.10. The summed E-state index contributed by atoms with van der Waals surface area (Å²) in [5.41, 5.74) is 6.36. The second kappa shape index (κ2) is 9.41. The van der Waals surface area contributed by atoms with E-state index in [1.807, 2.05) is 0 Å². The van der Waals surface area contributed by atoms with Crippen molar-refractivity contribution in [3.63, 3.8) is 0 Å². The van der Waals surface area contributed by atoms with Crippen molar-refractivity contribution in [2.75, 3.05) is 32.8 Å². The summed E-state index contributed by atoms with van der Waals surface area (Å²) in [5, 5.41) is 0.542. The zero-order valence-electron chi connectivity index (χ0n) is 18.2. The Morgan fingerprint density at radius 1 is 1.16 bits per heavy atom. The molecular formula is C22H29ClN4O4S. The predicted molar refractivity (Wildman–Crippen MR) is 125 cm³/mol. The maximum atomic E-state index is 13.1. The van der Waals surface area contributed by atoms with Gasteiger partial charge in [0.25, 0.3) is 0 Å². The Bertz CT molecular complexity index is 1040. The van der Waals surface area contributed by atoms with E-state index in [1.54, 1.807) is 36.1 Å². The zero-order chi connectivity index (χ0) is 22.9.